The summed E-state index contributed by atoms with van der Waals surface area (Å²) in [5.74, 6) is 1.53. The molecule has 0 saturated carbocycles. The van der Waals surface area contributed by atoms with Crippen LogP contribution in [-0.4, -0.2) is 19.2 Å². The van der Waals surface area contributed by atoms with E-state index in [9.17, 15) is 0 Å². The first-order valence-electron chi connectivity index (χ1n) is 6.59. The summed E-state index contributed by atoms with van der Waals surface area (Å²) in [5, 5.41) is 3.41. The molecule has 0 aliphatic heterocycles. The van der Waals surface area contributed by atoms with Crippen LogP contribution in [-0.2, 0) is 0 Å². The zero-order chi connectivity index (χ0) is 12.7. The Kier molecular flexibility index (Phi) is 6.06. The Morgan fingerprint density at radius 3 is 2.65 bits per heavy atom. The van der Waals surface area contributed by atoms with E-state index in [2.05, 4.69) is 51.2 Å². The molecular weight excluding hydrogens is 210 g/mol. The third-order valence-electron chi connectivity index (χ3n) is 3.00. The summed E-state index contributed by atoms with van der Waals surface area (Å²) in [6.45, 7) is 10.4. The number of ether oxygens (including phenoxy) is 1. The molecule has 0 aromatic heterocycles. The van der Waals surface area contributed by atoms with Crippen LogP contribution in [0.3, 0.4) is 0 Å². The van der Waals surface area contributed by atoms with Gasteiger partial charge in [-0.1, -0.05) is 32.9 Å². The van der Waals surface area contributed by atoms with Gasteiger partial charge in [0.25, 0.3) is 0 Å². The number of hydrogen-bond donors (Lipinski definition) is 1. The Bertz CT molecular complexity index is 322. The molecule has 0 aliphatic carbocycles. The van der Waals surface area contributed by atoms with E-state index in [1.807, 2.05) is 6.07 Å². The second-order valence-corrected chi connectivity index (χ2v) is 4.84. The Hall–Kier alpha value is -1.02. The van der Waals surface area contributed by atoms with E-state index in [-0.39, 0.29) is 0 Å². The second-order valence-electron chi connectivity index (χ2n) is 4.84. The van der Waals surface area contributed by atoms with Crippen LogP contribution >= 0.6 is 0 Å². The van der Waals surface area contributed by atoms with Gasteiger partial charge in [0, 0.05) is 12.6 Å². The number of benzene rings is 1. The average Bonchev–Trinajstić information content (AvgIpc) is 2.34. The molecule has 1 rings (SSSR count). The highest BCUT2D eigenvalue weighted by molar-refractivity contribution is 5.30. The van der Waals surface area contributed by atoms with Gasteiger partial charge in [-0.2, -0.15) is 0 Å². The van der Waals surface area contributed by atoms with Gasteiger partial charge in [0.2, 0.25) is 0 Å². The highest BCUT2D eigenvalue weighted by atomic mass is 16.5. The molecule has 0 amide bonds. The summed E-state index contributed by atoms with van der Waals surface area (Å²) in [6, 6.07) is 8.94. The summed E-state index contributed by atoms with van der Waals surface area (Å²) >= 11 is 0. The fourth-order valence-electron chi connectivity index (χ4n) is 1.58. The molecule has 96 valence electrons. The molecule has 0 heterocycles. The van der Waals surface area contributed by atoms with Gasteiger partial charge in [-0.25, -0.2) is 0 Å². The first-order chi connectivity index (χ1) is 8.13. The highest BCUT2D eigenvalue weighted by Crippen LogP contribution is 2.19. The Morgan fingerprint density at radius 2 is 2.00 bits per heavy atom. The Morgan fingerprint density at radius 1 is 1.24 bits per heavy atom. The van der Waals surface area contributed by atoms with Gasteiger partial charge in [0.1, 0.15) is 12.4 Å². The van der Waals surface area contributed by atoms with Crippen molar-refractivity contribution in [3.05, 3.63) is 29.8 Å². The molecule has 0 fully saturated rings. The molecule has 2 nitrogen and oxygen atoms in total. The van der Waals surface area contributed by atoms with E-state index in [0.29, 0.717) is 12.0 Å². The van der Waals surface area contributed by atoms with Crippen LogP contribution in [0, 0.1) is 0 Å². The quantitative estimate of drug-likeness (QED) is 0.729. The van der Waals surface area contributed by atoms with E-state index < -0.39 is 0 Å². The minimum Gasteiger partial charge on any atom is -0.492 e. The van der Waals surface area contributed by atoms with Crippen LogP contribution in [0.2, 0.25) is 0 Å². The third kappa shape index (κ3) is 5.22. The van der Waals surface area contributed by atoms with Crippen molar-refractivity contribution in [3.8, 4) is 5.75 Å². The smallest absolute Gasteiger partial charge is 0.119 e. The fourth-order valence-corrected chi connectivity index (χ4v) is 1.58. The van der Waals surface area contributed by atoms with Crippen LogP contribution in [0.25, 0.3) is 0 Å². The standard InChI is InChI=1S/C15H25NO/c1-5-13(4)16-9-10-17-15-8-6-7-14(11-15)12(2)3/h6-8,11-13,16H,5,9-10H2,1-4H3. The molecule has 0 bridgehead atoms. The molecule has 1 unspecified atom stereocenters. The van der Waals surface area contributed by atoms with Crippen LogP contribution in [0.5, 0.6) is 5.75 Å². The van der Waals surface area contributed by atoms with Crippen molar-refractivity contribution < 1.29 is 4.74 Å². The lowest BCUT2D eigenvalue weighted by molar-refractivity contribution is 0.305. The topological polar surface area (TPSA) is 21.3 Å². The first kappa shape index (κ1) is 14.0. The first-order valence-corrected chi connectivity index (χ1v) is 6.59. The van der Waals surface area contributed by atoms with Gasteiger partial charge >= 0.3 is 0 Å². The van der Waals surface area contributed by atoms with Crippen LogP contribution in [0.15, 0.2) is 24.3 Å². The maximum atomic E-state index is 5.73. The van der Waals surface area contributed by atoms with E-state index in [4.69, 9.17) is 4.74 Å². The largest absolute Gasteiger partial charge is 0.492 e. The number of rotatable bonds is 7. The van der Waals surface area contributed by atoms with E-state index in [1.54, 1.807) is 0 Å². The van der Waals surface area contributed by atoms with Crippen LogP contribution < -0.4 is 10.1 Å². The molecule has 0 aliphatic rings. The van der Waals surface area contributed by atoms with Crippen molar-refractivity contribution >= 4 is 0 Å². The van der Waals surface area contributed by atoms with Crippen LogP contribution in [0.1, 0.15) is 45.6 Å². The van der Waals surface area contributed by atoms with Crippen molar-refractivity contribution in [3.63, 3.8) is 0 Å². The SMILES string of the molecule is CCC(C)NCCOc1cccc(C(C)C)c1. The summed E-state index contributed by atoms with van der Waals surface area (Å²) in [7, 11) is 0. The summed E-state index contributed by atoms with van der Waals surface area (Å²) in [4.78, 5) is 0. The zero-order valence-electron chi connectivity index (χ0n) is 11.5. The van der Waals surface area contributed by atoms with Crippen LogP contribution in [0.4, 0.5) is 0 Å². The molecule has 1 aromatic rings. The minimum atomic E-state index is 0.553. The van der Waals surface area contributed by atoms with Gasteiger partial charge in [-0.15, -0.1) is 0 Å². The van der Waals surface area contributed by atoms with Gasteiger partial charge in [0.05, 0.1) is 0 Å². The summed E-state index contributed by atoms with van der Waals surface area (Å²) in [6.07, 6.45) is 1.16. The monoisotopic (exact) mass is 235 g/mol. The second kappa shape index (κ2) is 7.33. The Balaban J connectivity index is 2.34. The predicted octanol–water partition coefficient (Wildman–Crippen LogP) is 3.58. The third-order valence-corrected chi connectivity index (χ3v) is 3.00. The normalized spacial score (nSPS) is 12.8. The maximum Gasteiger partial charge on any atom is 0.119 e. The maximum absolute atomic E-state index is 5.73. The predicted molar refractivity (Wildman–Crippen MR) is 73.8 cm³/mol. The molecule has 1 aromatic carbocycles. The molecule has 1 atom stereocenters. The lowest BCUT2D eigenvalue weighted by Crippen LogP contribution is -2.29. The fraction of sp³-hybridized carbons (Fsp3) is 0.600. The van der Waals surface area contributed by atoms with Gasteiger partial charge in [-0.05, 0) is 37.0 Å². The summed E-state index contributed by atoms with van der Waals surface area (Å²) < 4.78 is 5.73. The van der Waals surface area contributed by atoms with E-state index in [0.717, 1.165) is 25.3 Å². The van der Waals surface area contributed by atoms with E-state index >= 15 is 0 Å². The van der Waals surface area contributed by atoms with Crippen molar-refractivity contribution in [2.24, 2.45) is 0 Å². The molecule has 17 heavy (non-hydrogen) atoms. The highest BCUT2D eigenvalue weighted by Gasteiger charge is 2.01. The average molecular weight is 235 g/mol. The van der Waals surface area contributed by atoms with Crippen molar-refractivity contribution in [1.29, 1.82) is 0 Å². The van der Waals surface area contributed by atoms with Gasteiger partial charge < -0.3 is 10.1 Å². The molecule has 2 heteroatoms. The summed E-state index contributed by atoms with van der Waals surface area (Å²) in [5.41, 5.74) is 1.33. The van der Waals surface area contributed by atoms with Gasteiger partial charge in [-0.3, -0.25) is 0 Å². The molecule has 1 N–H and O–H groups in total. The molecule has 0 radical (unpaired) electrons. The minimum absolute atomic E-state index is 0.553. The zero-order valence-corrected chi connectivity index (χ0v) is 11.5. The molecule has 0 spiro atoms. The van der Waals surface area contributed by atoms with E-state index in [1.165, 1.54) is 5.56 Å². The molecular formula is C15H25NO. The van der Waals surface area contributed by atoms with Crippen molar-refractivity contribution in [2.45, 2.75) is 46.1 Å². The Labute approximate surface area is 105 Å². The lowest BCUT2D eigenvalue weighted by Gasteiger charge is -2.13. The number of hydrogen-bond acceptors (Lipinski definition) is 2. The van der Waals surface area contributed by atoms with Gasteiger partial charge in [0.15, 0.2) is 0 Å². The lowest BCUT2D eigenvalue weighted by atomic mass is 10.0. The number of nitrogens with one attached hydrogen (secondary N) is 1. The van der Waals surface area contributed by atoms with Crippen molar-refractivity contribution in [1.82, 2.24) is 5.32 Å². The molecule has 0 saturated heterocycles. The van der Waals surface area contributed by atoms with Crippen molar-refractivity contribution in [2.75, 3.05) is 13.2 Å².